The van der Waals surface area contributed by atoms with Gasteiger partial charge < -0.3 is 15.2 Å². The number of unbranched alkanes of at least 4 members (excludes halogenated alkanes) is 1. The van der Waals surface area contributed by atoms with E-state index in [9.17, 15) is 4.79 Å². The van der Waals surface area contributed by atoms with Gasteiger partial charge in [0.1, 0.15) is 5.75 Å². The van der Waals surface area contributed by atoms with Crippen LogP contribution in [0.5, 0.6) is 5.75 Å². The van der Waals surface area contributed by atoms with E-state index in [0.29, 0.717) is 23.6 Å². The molecule has 0 heterocycles. The number of hydrogen-bond acceptors (Lipinski definition) is 4. The maximum atomic E-state index is 11.4. The lowest BCUT2D eigenvalue weighted by Gasteiger charge is -2.10. The molecule has 0 aliphatic carbocycles. The number of hydrogen-bond donors (Lipinski definition) is 1. The Morgan fingerprint density at radius 1 is 1.44 bits per heavy atom. The number of carbonyl (C=O) groups excluding carboxylic acids is 1. The molecule has 0 fully saturated rings. The fourth-order valence-corrected chi connectivity index (χ4v) is 1.28. The van der Waals surface area contributed by atoms with E-state index in [1.807, 2.05) is 0 Å². The monoisotopic (exact) mass is 223 g/mol. The van der Waals surface area contributed by atoms with Crippen LogP contribution in [0.25, 0.3) is 0 Å². The van der Waals surface area contributed by atoms with Gasteiger partial charge >= 0.3 is 5.97 Å². The van der Waals surface area contributed by atoms with Gasteiger partial charge in [0.05, 0.1) is 25.0 Å². The van der Waals surface area contributed by atoms with Gasteiger partial charge in [-0.1, -0.05) is 19.4 Å². The number of ether oxygens (including phenoxy) is 2. The largest absolute Gasteiger partial charge is 0.491 e. The number of nitrogens with two attached hydrogens (primary N) is 1. The molecule has 0 atom stereocenters. The first kappa shape index (κ1) is 12.4. The number of benzene rings is 1. The number of anilines is 1. The maximum Gasteiger partial charge on any atom is 0.340 e. The van der Waals surface area contributed by atoms with Gasteiger partial charge in [-0.25, -0.2) is 4.79 Å². The summed E-state index contributed by atoms with van der Waals surface area (Å²) in [4.78, 5) is 11.4. The molecule has 0 unspecified atom stereocenters. The van der Waals surface area contributed by atoms with Crippen molar-refractivity contribution in [3.05, 3.63) is 23.8 Å². The molecule has 4 nitrogen and oxygen atoms in total. The Morgan fingerprint density at radius 3 is 2.81 bits per heavy atom. The molecule has 0 radical (unpaired) electrons. The Labute approximate surface area is 95.3 Å². The zero-order valence-corrected chi connectivity index (χ0v) is 9.66. The first-order valence-electron chi connectivity index (χ1n) is 5.30. The molecule has 88 valence electrons. The molecule has 0 saturated heterocycles. The van der Waals surface area contributed by atoms with Gasteiger partial charge in [-0.3, -0.25) is 0 Å². The first-order valence-corrected chi connectivity index (χ1v) is 5.30. The van der Waals surface area contributed by atoms with Crippen LogP contribution in [0.4, 0.5) is 5.69 Å². The quantitative estimate of drug-likeness (QED) is 0.472. The minimum absolute atomic E-state index is 0.338. The summed E-state index contributed by atoms with van der Waals surface area (Å²) in [6.07, 6.45) is 2.01. The van der Waals surface area contributed by atoms with Gasteiger partial charge in [0.25, 0.3) is 0 Å². The molecule has 2 N–H and O–H groups in total. The highest BCUT2D eigenvalue weighted by Gasteiger charge is 2.13. The summed E-state index contributed by atoms with van der Waals surface area (Å²) in [7, 11) is 1.33. The second-order valence-electron chi connectivity index (χ2n) is 3.41. The van der Waals surface area contributed by atoms with E-state index in [-0.39, 0.29) is 0 Å². The molecule has 1 rings (SSSR count). The van der Waals surface area contributed by atoms with Gasteiger partial charge in [-0.05, 0) is 18.6 Å². The Balaban J connectivity index is 2.82. The van der Waals surface area contributed by atoms with Crippen LogP contribution in [0.2, 0.25) is 0 Å². The van der Waals surface area contributed by atoms with Crippen molar-refractivity contribution in [2.45, 2.75) is 19.8 Å². The topological polar surface area (TPSA) is 61.5 Å². The molecular formula is C12H17NO3. The highest BCUT2D eigenvalue weighted by molar-refractivity contribution is 5.96. The van der Waals surface area contributed by atoms with E-state index in [1.165, 1.54) is 7.11 Å². The van der Waals surface area contributed by atoms with Crippen molar-refractivity contribution < 1.29 is 14.3 Å². The lowest BCUT2D eigenvalue weighted by atomic mass is 10.1. The average molecular weight is 223 g/mol. The molecule has 1 aromatic rings. The van der Waals surface area contributed by atoms with Crippen LogP contribution in [0, 0.1) is 0 Å². The number of esters is 1. The third-order valence-corrected chi connectivity index (χ3v) is 2.23. The fraction of sp³-hybridized carbons (Fsp3) is 0.417. The smallest absolute Gasteiger partial charge is 0.340 e. The Kier molecular flexibility index (Phi) is 4.64. The van der Waals surface area contributed by atoms with E-state index in [0.717, 1.165) is 12.8 Å². The lowest BCUT2D eigenvalue weighted by Crippen LogP contribution is -2.08. The predicted molar refractivity (Wildman–Crippen MR) is 62.6 cm³/mol. The summed E-state index contributed by atoms with van der Waals surface area (Å²) in [5.41, 5.74) is 6.50. The molecule has 0 saturated carbocycles. The van der Waals surface area contributed by atoms with Crippen LogP contribution in [-0.4, -0.2) is 19.7 Å². The molecule has 1 aromatic carbocycles. The maximum absolute atomic E-state index is 11.4. The highest BCUT2D eigenvalue weighted by atomic mass is 16.5. The van der Waals surface area contributed by atoms with Crippen LogP contribution in [-0.2, 0) is 4.74 Å². The van der Waals surface area contributed by atoms with E-state index in [4.69, 9.17) is 10.5 Å². The zero-order chi connectivity index (χ0) is 12.0. The van der Waals surface area contributed by atoms with Crippen molar-refractivity contribution in [3.8, 4) is 5.75 Å². The molecular weight excluding hydrogens is 206 g/mol. The van der Waals surface area contributed by atoms with Gasteiger partial charge in [-0.15, -0.1) is 0 Å². The summed E-state index contributed by atoms with van der Waals surface area (Å²) < 4.78 is 10.1. The summed E-state index contributed by atoms with van der Waals surface area (Å²) in [6.45, 7) is 2.68. The van der Waals surface area contributed by atoms with Crippen molar-refractivity contribution in [1.82, 2.24) is 0 Å². The number of rotatable bonds is 5. The molecule has 16 heavy (non-hydrogen) atoms. The zero-order valence-electron chi connectivity index (χ0n) is 9.66. The van der Waals surface area contributed by atoms with Crippen LogP contribution < -0.4 is 10.5 Å². The summed E-state index contributed by atoms with van der Waals surface area (Å²) in [6, 6.07) is 5.09. The SMILES string of the molecule is CCCCOc1cccc(C(=O)OC)c1N. The molecule has 0 aliphatic heterocycles. The average Bonchev–Trinajstić information content (AvgIpc) is 2.30. The minimum Gasteiger partial charge on any atom is -0.491 e. The fourth-order valence-electron chi connectivity index (χ4n) is 1.28. The van der Waals surface area contributed by atoms with Gasteiger partial charge in [0.15, 0.2) is 0 Å². The lowest BCUT2D eigenvalue weighted by molar-refractivity contribution is 0.0601. The molecule has 0 aromatic heterocycles. The van der Waals surface area contributed by atoms with Crippen LogP contribution in [0.3, 0.4) is 0 Å². The number of nitrogen functional groups attached to an aromatic ring is 1. The Hall–Kier alpha value is -1.71. The molecule has 4 heteroatoms. The Bertz CT molecular complexity index is 363. The second-order valence-corrected chi connectivity index (χ2v) is 3.41. The summed E-state index contributed by atoms with van der Waals surface area (Å²) in [5, 5.41) is 0. The summed E-state index contributed by atoms with van der Waals surface area (Å²) >= 11 is 0. The third-order valence-electron chi connectivity index (χ3n) is 2.23. The van der Waals surface area contributed by atoms with Crippen molar-refractivity contribution in [1.29, 1.82) is 0 Å². The highest BCUT2D eigenvalue weighted by Crippen LogP contribution is 2.25. The van der Waals surface area contributed by atoms with Crippen molar-refractivity contribution in [2.24, 2.45) is 0 Å². The molecule has 0 amide bonds. The third kappa shape index (κ3) is 2.89. The predicted octanol–water partition coefficient (Wildman–Crippen LogP) is 2.23. The van der Waals surface area contributed by atoms with Crippen molar-refractivity contribution >= 4 is 11.7 Å². The summed E-state index contributed by atoms with van der Waals surface area (Å²) in [5.74, 6) is 0.0924. The van der Waals surface area contributed by atoms with Gasteiger partial charge in [0.2, 0.25) is 0 Å². The minimum atomic E-state index is -0.446. The van der Waals surface area contributed by atoms with Gasteiger partial charge in [-0.2, -0.15) is 0 Å². The van der Waals surface area contributed by atoms with Gasteiger partial charge in [0, 0.05) is 0 Å². The standard InChI is InChI=1S/C12H17NO3/c1-3-4-8-16-10-7-5-6-9(11(10)13)12(14)15-2/h5-7H,3-4,8,13H2,1-2H3. The second kappa shape index (κ2) is 6.00. The molecule has 0 bridgehead atoms. The first-order chi connectivity index (χ1) is 7.70. The molecule has 0 aliphatic rings. The number of carbonyl (C=O) groups is 1. The van der Waals surface area contributed by atoms with Crippen LogP contribution in [0.15, 0.2) is 18.2 Å². The van der Waals surface area contributed by atoms with Crippen LogP contribution in [0.1, 0.15) is 30.1 Å². The normalized spacial score (nSPS) is 9.88. The van der Waals surface area contributed by atoms with Crippen LogP contribution >= 0.6 is 0 Å². The van der Waals surface area contributed by atoms with Crippen molar-refractivity contribution in [3.63, 3.8) is 0 Å². The Morgan fingerprint density at radius 2 is 2.19 bits per heavy atom. The van der Waals surface area contributed by atoms with Crippen molar-refractivity contribution in [2.75, 3.05) is 19.5 Å². The number of para-hydroxylation sites is 1. The van der Waals surface area contributed by atoms with E-state index in [2.05, 4.69) is 11.7 Å². The van der Waals surface area contributed by atoms with E-state index < -0.39 is 5.97 Å². The van der Waals surface area contributed by atoms with E-state index in [1.54, 1.807) is 18.2 Å². The molecule has 0 spiro atoms. The van der Waals surface area contributed by atoms with E-state index >= 15 is 0 Å². The number of methoxy groups -OCH3 is 1.